The molecule has 0 aliphatic rings. The maximum Gasteiger partial charge on any atom is 0.248 e. The topological polar surface area (TPSA) is 71.9 Å². The molecule has 4 aromatic rings. The van der Waals surface area contributed by atoms with Crippen LogP contribution in [0.1, 0.15) is 63.9 Å². The third-order valence-electron chi connectivity index (χ3n) is 6.01. The van der Waals surface area contributed by atoms with Gasteiger partial charge in [0.25, 0.3) is 0 Å². The van der Waals surface area contributed by atoms with E-state index < -0.39 is 0 Å². The van der Waals surface area contributed by atoms with Gasteiger partial charge in [0.05, 0.1) is 18.2 Å². The van der Waals surface area contributed by atoms with Crippen molar-refractivity contribution in [3.63, 3.8) is 0 Å². The summed E-state index contributed by atoms with van der Waals surface area (Å²) < 4.78 is 11.9. The predicted molar refractivity (Wildman–Crippen MR) is 135 cm³/mol. The molecule has 0 aliphatic carbocycles. The lowest BCUT2D eigenvalue weighted by Gasteiger charge is -2.08. The minimum absolute atomic E-state index is 0.435. The number of unbranched alkanes of at least 4 members (excludes halogenated alkanes) is 7. The van der Waals surface area contributed by atoms with Crippen LogP contribution >= 0.6 is 0 Å². The lowest BCUT2D eigenvalue weighted by Crippen LogP contribution is -1.97. The molecule has 0 amide bonds. The van der Waals surface area contributed by atoms with Crippen LogP contribution < -0.4 is 4.74 Å². The van der Waals surface area contributed by atoms with Crippen molar-refractivity contribution in [2.75, 3.05) is 6.61 Å². The molecular weight excluding hydrogens is 422 g/mol. The first-order chi connectivity index (χ1) is 16.8. The Hall–Kier alpha value is -3.65. The molecule has 3 aromatic carbocycles. The van der Waals surface area contributed by atoms with Crippen molar-refractivity contribution < 1.29 is 9.15 Å². The molecule has 0 fully saturated rings. The first kappa shape index (κ1) is 23.5. The Morgan fingerprint density at radius 1 is 0.735 bits per heavy atom. The molecule has 5 heteroatoms. The van der Waals surface area contributed by atoms with E-state index in [2.05, 4.69) is 41.4 Å². The van der Waals surface area contributed by atoms with Crippen molar-refractivity contribution in [2.45, 2.75) is 58.3 Å². The van der Waals surface area contributed by atoms with Crippen molar-refractivity contribution in [1.82, 2.24) is 10.2 Å². The number of benzene rings is 3. The number of hydrogen-bond donors (Lipinski definition) is 0. The SMILES string of the molecule is CCCCCCCCCCOc1ccc2cc(-c3nnc(-c4ccc(C#N)cc4)o3)ccc2c1. The molecule has 0 N–H and O–H groups in total. The van der Waals surface area contributed by atoms with E-state index in [9.17, 15) is 0 Å². The van der Waals surface area contributed by atoms with E-state index >= 15 is 0 Å². The van der Waals surface area contributed by atoms with Gasteiger partial charge in [-0.1, -0.05) is 64.0 Å². The summed E-state index contributed by atoms with van der Waals surface area (Å²) in [6, 6.07) is 21.5. The third-order valence-corrected chi connectivity index (χ3v) is 6.01. The standard InChI is InChI=1S/C29H31N3O2/c1-2-3-4-5-6-7-8-9-18-33-27-17-16-24-19-26(15-14-25(24)20-27)29-32-31-28(34-29)23-12-10-22(21-30)11-13-23/h10-17,19-20H,2-9,18H2,1H3. The zero-order valence-electron chi connectivity index (χ0n) is 19.8. The smallest absolute Gasteiger partial charge is 0.248 e. The number of aromatic nitrogens is 2. The van der Waals surface area contributed by atoms with E-state index in [0.717, 1.165) is 40.7 Å². The van der Waals surface area contributed by atoms with Gasteiger partial charge in [-0.25, -0.2) is 0 Å². The number of rotatable bonds is 12. The van der Waals surface area contributed by atoms with Gasteiger partial charge in [0.1, 0.15) is 5.75 Å². The van der Waals surface area contributed by atoms with Crippen LogP contribution in [0.3, 0.4) is 0 Å². The second kappa shape index (κ2) is 12.0. The number of nitrogens with zero attached hydrogens (tertiary/aromatic N) is 3. The van der Waals surface area contributed by atoms with Crippen LogP contribution in [-0.2, 0) is 0 Å². The normalized spacial score (nSPS) is 10.9. The van der Waals surface area contributed by atoms with Gasteiger partial charge in [0, 0.05) is 11.1 Å². The van der Waals surface area contributed by atoms with Crippen molar-refractivity contribution in [2.24, 2.45) is 0 Å². The van der Waals surface area contributed by atoms with Gasteiger partial charge in [-0.15, -0.1) is 10.2 Å². The summed E-state index contributed by atoms with van der Waals surface area (Å²) >= 11 is 0. The van der Waals surface area contributed by atoms with Crippen LogP contribution in [0.4, 0.5) is 0 Å². The Labute approximate surface area is 201 Å². The van der Waals surface area contributed by atoms with E-state index in [-0.39, 0.29) is 0 Å². The Morgan fingerprint density at radius 3 is 2.09 bits per heavy atom. The molecule has 174 valence electrons. The fourth-order valence-corrected chi connectivity index (χ4v) is 4.02. The molecule has 0 spiro atoms. The fraction of sp³-hybridized carbons (Fsp3) is 0.345. The zero-order valence-corrected chi connectivity index (χ0v) is 19.8. The van der Waals surface area contributed by atoms with Crippen LogP contribution in [0.2, 0.25) is 0 Å². The minimum atomic E-state index is 0.435. The van der Waals surface area contributed by atoms with Crippen LogP contribution in [0.25, 0.3) is 33.7 Å². The molecule has 1 aromatic heterocycles. The highest BCUT2D eigenvalue weighted by Gasteiger charge is 2.11. The van der Waals surface area contributed by atoms with E-state index in [1.807, 2.05) is 30.3 Å². The van der Waals surface area contributed by atoms with Gasteiger partial charge in [-0.05, 0) is 65.7 Å². The summed E-state index contributed by atoms with van der Waals surface area (Å²) in [5.74, 6) is 1.81. The van der Waals surface area contributed by atoms with E-state index in [1.165, 1.54) is 44.9 Å². The maximum atomic E-state index is 8.95. The number of hydrogen-bond acceptors (Lipinski definition) is 5. The van der Waals surface area contributed by atoms with Crippen LogP contribution in [0, 0.1) is 11.3 Å². The second-order valence-electron chi connectivity index (χ2n) is 8.65. The molecule has 0 unspecified atom stereocenters. The monoisotopic (exact) mass is 453 g/mol. The first-order valence-corrected chi connectivity index (χ1v) is 12.3. The van der Waals surface area contributed by atoms with Gasteiger partial charge in [-0.3, -0.25) is 0 Å². The molecule has 0 saturated heterocycles. The van der Waals surface area contributed by atoms with Crippen molar-refractivity contribution in [3.8, 4) is 34.7 Å². The van der Waals surface area contributed by atoms with Crippen LogP contribution in [-0.4, -0.2) is 16.8 Å². The molecule has 0 aliphatic heterocycles. The number of ether oxygens (including phenoxy) is 1. The highest BCUT2D eigenvalue weighted by Crippen LogP contribution is 2.28. The van der Waals surface area contributed by atoms with Crippen molar-refractivity contribution >= 4 is 10.8 Å². The summed E-state index contributed by atoms with van der Waals surface area (Å²) in [4.78, 5) is 0. The summed E-state index contributed by atoms with van der Waals surface area (Å²) in [5, 5.41) is 19.5. The molecule has 0 atom stereocenters. The zero-order chi connectivity index (χ0) is 23.6. The van der Waals surface area contributed by atoms with Crippen LogP contribution in [0.15, 0.2) is 65.1 Å². The predicted octanol–water partition coefficient (Wildman–Crippen LogP) is 7.95. The summed E-state index contributed by atoms with van der Waals surface area (Å²) in [6.45, 7) is 3.02. The summed E-state index contributed by atoms with van der Waals surface area (Å²) in [6.07, 6.45) is 10.4. The van der Waals surface area contributed by atoms with Gasteiger partial charge >= 0.3 is 0 Å². The van der Waals surface area contributed by atoms with Crippen molar-refractivity contribution in [1.29, 1.82) is 5.26 Å². The molecule has 0 radical (unpaired) electrons. The number of fused-ring (bicyclic) bond motifs is 1. The third kappa shape index (κ3) is 6.23. The van der Waals surface area contributed by atoms with Gasteiger partial charge in [0.15, 0.2) is 0 Å². The molecule has 0 saturated carbocycles. The van der Waals surface area contributed by atoms with Crippen LogP contribution in [0.5, 0.6) is 5.75 Å². The maximum absolute atomic E-state index is 8.95. The summed E-state index contributed by atoms with van der Waals surface area (Å²) in [5.41, 5.74) is 2.25. The Balaban J connectivity index is 1.32. The Kier molecular flexibility index (Phi) is 8.29. The second-order valence-corrected chi connectivity index (χ2v) is 8.65. The van der Waals surface area contributed by atoms with Crippen molar-refractivity contribution in [3.05, 3.63) is 66.2 Å². The largest absolute Gasteiger partial charge is 0.494 e. The minimum Gasteiger partial charge on any atom is -0.494 e. The molecule has 4 rings (SSSR count). The quantitative estimate of drug-likeness (QED) is 0.204. The lowest BCUT2D eigenvalue weighted by atomic mass is 10.1. The average Bonchev–Trinajstić information content (AvgIpc) is 3.38. The molecular formula is C29H31N3O2. The molecule has 1 heterocycles. The highest BCUT2D eigenvalue weighted by molar-refractivity contribution is 5.87. The lowest BCUT2D eigenvalue weighted by molar-refractivity contribution is 0.304. The highest BCUT2D eigenvalue weighted by atomic mass is 16.5. The molecule has 5 nitrogen and oxygen atoms in total. The van der Waals surface area contributed by atoms with E-state index in [0.29, 0.717) is 17.3 Å². The molecule has 0 bridgehead atoms. The van der Waals surface area contributed by atoms with E-state index in [4.69, 9.17) is 14.4 Å². The van der Waals surface area contributed by atoms with E-state index in [1.54, 1.807) is 12.1 Å². The van der Waals surface area contributed by atoms with Gasteiger partial charge in [-0.2, -0.15) is 5.26 Å². The number of nitriles is 1. The molecule has 34 heavy (non-hydrogen) atoms. The average molecular weight is 454 g/mol. The first-order valence-electron chi connectivity index (χ1n) is 12.3. The Bertz CT molecular complexity index is 1240. The van der Waals surface area contributed by atoms with Gasteiger partial charge < -0.3 is 9.15 Å². The summed E-state index contributed by atoms with van der Waals surface area (Å²) in [7, 11) is 0. The van der Waals surface area contributed by atoms with Gasteiger partial charge in [0.2, 0.25) is 11.8 Å². The Morgan fingerprint density at radius 2 is 1.35 bits per heavy atom. The fourth-order valence-electron chi connectivity index (χ4n) is 4.02.